The van der Waals surface area contributed by atoms with Gasteiger partial charge in [-0.2, -0.15) is 0 Å². The molecule has 3 aromatic rings. The van der Waals surface area contributed by atoms with Crippen LogP contribution in [-0.2, 0) is 21.4 Å². The molecule has 0 aliphatic heterocycles. The number of hydrogen-bond donors (Lipinski definition) is 3. The molecule has 0 unspecified atom stereocenters. The summed E-state index contributed by atoms with van der Waals surface area (Å²) in [4.78, 5) is 39.5. The number of nitrogens with zero attached hydrogens (tertiary/aromatic N) is 1. The minimum atomic E-state index is -3.96. The summed E-state index contributed by atoms with van der Waals surface area (Å²) in [5.74, 6) is -0.656. The van der Waals surface area contributed by atoms with Crippen LogP contribution in [0, 0.1) is 13.8 Å². The van der Waals surface area contributed by atoms with E-state index in [-0.39, 0.29) is 16.0 Å². The highest BCUT2D eigenvalue weighted by Crippen LogP contribution is 2.23. The number of rotatable bonds is 4. The molecule has 0 spiro atoms. The summed E-state index contributed by atoms with van der Waals surface area (Å²) in [5.41, 5.74) is 0.551. The van der Waals surface area contributed by atoms with E-state index < -0.39 is 33.7 Å². The highest BCUT2D eigenvalue weighted by molar-refractivity contribution is 7.89. The first kappa shape index (κ1) is 19.5. The van der Waals surface area contributed by atoms with Crippen molar-refractivity contribution in [1.29, 1.82) is 0 Å². The molecule has 1 aromatic heterocycles. The second-order valence-corrected chi connectivity index (χ2v) is 7.93. The highest BCUT2D eigenvalue weighted by atomic mass is 32.2. The maximum absolute atomic E-state index is 12.5. The summed E-state index contributed by atoms with van der Waals surface area (Å²) in [5, 5.41) is 7.98. The number of carbonyl (C=O) groups excluding carboxylic acids is 1. The predicted octanol–water partition coefficient (Wildman–Crippen LogP) is 0.593. The minimum absolute atomic E-state index is 0.147. The monoisotopic (exact) mass is 402 g/mol. The second-order valence-electron chi connectivity index (χ2n) is 6.37. The molecule has 0 radical (unpaired) electrons. The molecule has 10 heteroatoms. The van der Waals surface area contributed by atoms with Crippen LogP contribution in [0.3, 0.4) is 0 Å². The van der Waals surface area contributed by atoms with E-state index in [4.69, 9.17) is 5.14 Å². The molecule has 1 heterocycles. The number of aromatic nitrogens is 2. The lowest BCUT2D eigenvalue weighted by Gasteiger charge is -2.13. The van der Waals surface area contributed by atoms with Crippen molar-refractivity contribution in [3.05, 3.63) is 68.4 Å². The zero-order valence-corrected chi connectivity index (χ0v) is 16.0. The predicted molar refractivity (Wildman–Crippen MR) is 105 cm³/mol. The Morgan fingerprint density at radius 3 is 2.54 bits per heavy atom. The number of primary sulfonamides is 1. The number of benzene rings is 2. The van der Waals surface area contributed by atoms with Crippen molar-refractivity contribution in [3.63, 3.8) is 0 Å². The maximum atomic E-state index is 12.5. The third-order valence-electron chi connectivity index (χ3n) is 4.43. The van der Waals surface area contributed by atoms with E-state index in [0.29, 0.717) is 16.6 Å². The average molecular weight is 402 g/mol. The fourth-order valence-electron chi connectivity index (χ4n) is 2.80. The van der Waals surface area contributed by atoms with Crippen molar-refractivity contribution in [3.8, 4) is 0 Å². The van der Waals surface area contributed by atoms with Gasteiger partial charge in [0.15, 0.2) is 0 Å². The van der Waals surface area contributed by atoms with Gasteiger partial charge in [-0.1, -0.05) is 12.1 Å². The van der Waals surface area contributed by atoms with Gasteiger partial charge in [0.1, 0.15) is 6.54 Å². The summed E-state index contributed by atoms with van der Waals surface area (Å²) >= 11 is 0. The summed E-state index contributed by atoms with van der Waals surface area (Å²) in [6.45, 7) is 2.85. The number of H-pyrrole nitrogens is 1. The number of nitrogens with one attached hydrogen (secondary N) is 2. The minimum Gasteiger partial charge on any atom is -0.324 e. The first-order valence-corrected chi connectivity index (χ1v) is 9.78. The number of hydrogen-bond acceptors (Lipinski definition) is 5. The van der Waals surface area contributed by atoms with Gasteiger partial charge in [0.05, 0.1) is 15.8 Å². The molecule has 28 heavy (non-hydrogen) atoms. The highest BCUT2D eigenvalue weighted by Gasteiger charge is 2.16. The summed E-state index contributed by atoms with van der Waals surface area (Å²) in [6.07, 6.45) is 0. The van der Waals surface area contributed by atoms with Gasteiger partial charge in [-0.15, -0.1) is 0 Å². The summed E-state index contributed by atoms with van der Waals surface area (Å²) in [6, 6.07) is 9.11. The molecule has 0 fully saturated rings. The molecule has 1 amide bonds. The van der Waals surface area contributed by atoms with Crippen molar-refractivity contribution in [2.45, 2.75) is 25.3 Å². The molecular weight excluding hydrogens is 384 g/mol. The van der Waals surface area contributed by atoms with Crippen LogP contribution in [0.5, 0.6) is 0 Å². The molecule has 0 saturated heterocycles. The Balaban J connectivity index is 1.96. The summed E-state index contributed by atoms with van der Waals surface area (Å²) < 4.78 is 24.0. The van der Waals surface area contributed by atoms with Gasteiger partial charge < -0.3 is 10.3 Å². The molecule has 0 saturated carbocycles. The van der Waals surface area contributed by atoms with Gasteiger partial charge in [-0.25, -0.2) is 18.4 Å². The van der Waals surface area contributed by atoms with E-state index in [9.17, 15) is 22.8 Å². The van der Waals surface area contributed by atoms with E-state index in [2.05, 4.69) is 10.3 Å². The van der Waals surface area contributed by atoms with E-state index in [0.717, 1.165) is 4.57 Å². The zero-order chi connectivity index (χ0) is 20.6. The number of nitrogens with two attached hydrogens (primary N) is 1. The van der Waals surface area contributed by atoms with Crippen molar-refractivity contribution < 1.29 is 13.2 Å². The van der Waals surface area contributed by atoms with E-state index in [1.165, 1.54) is 12.1 Å². The molecule has 3 rings (SSSR count). The van der Waals surface area contributed by atoms with Crippen LogP contribution in [0.2, 0.25) is 0 Å². The molecule has 9 nitrogen and oxygen atoms in total. The molecular formula is C18H18N4O5S. The van der Waals surface area contributed by atoms with Crippen LogP contribution in [0.4, 0.5) is 5.69 Å². The first-order chi connectivity index (χ1) is 13.1. The van der Waals surface area contributed by atoms with Crippen LogP contribution < -0.4 is 21.7 Å². The van der Waals surface area contributed by atoms with Gasteiger partial charge >= 0.3 is 5.69 Å². The molecule has 0 aliphatic carbocycles. The van der Waals surface area contributed by atoms with Crippen LogP contribution in [0.1, 0.15) is 11.1 Å². The van der Waals surface area contributed by atoms with E-state index in [1.54, 1.807) is 38.1 Å². The van der Waals surface area contributed by atoms with Gasteiger partial charge in [0.2, 0.25) is 15.9 Å². The van der Waals surface area contributed by atoms with Crippen LogP contribution in [0.15, 0.2) is 50.9 Å². The van der Waals surface area contributed by atoms with E-state index >= 15 is 0 Å². The largest absolute Gasteiger partial charge is 0.329 e. The van der Waals surface area contributed by atoms with Crippen molar-refractivity contribution in [1.82, 2.24) is 9.55 Å². The lowest BCUT2D eigenvalue weighted by atomic mass is 10.1. The molecule has 2 aromatic carbocycles. The Morgan fingerprint density at radius 2 is 1.86 bits per heavy atom. The molecule has 146 valence electrons. The maximum Gasteiger partial charge on any atom is 0.329 e. The normalized spacial score (nSPS) is 11.5. The van der Waals surface area contributed by atoms with Crippen LogP contribution in [0.25, 0.3) is 10.9 Å². The van der Waals surface area contributed by atoms with Gasteiger partial charge in [0.25, 0.3) is 5.56 Å². The third-order valence-corrected chi connectivity index (χ3v) is 5.33. The summed E-state index contributed by atoms with van der Waals surface area (Å²) in [7, 11) is -3.96. The van der Waals surface area contributed by atoms with Gasteiger partial charge in [-0.05, 0) is 49.2 Å². The SMILES string of the molecule is Cc1cc(S(N)(=O)=O)cc(NC(=O)Cn2c(=O)[nH]c3ccccc3c2=O)c1C. The Kier molecular flexibility index (Phi) is 4.92. The smallest absolute Gasteiger partial charge is 0.324 e. The Bertz CT molecular complexity index is 1320. The number of fused-ring (bicyclic) bond motifs is 1. The molecule has 0 aliphatic rings. The average Bonchev–Trinajstić information content (AvgIpc) is 2.61. The lowest BCUT2D eigenvalue weighted by molar-refractivity contribution is -0.116. The number of sulfonamides is 1. The number of para-hydroxylation sites is 1. The quantitative estimate of drug-likeness (QED) is 0.585. The third kappa shape index (κ3) is 3.73. The van der Waals surface area contributed by atoms with E-state index in [1.807, 2.05) is 0 Å². The topological polar surface area (TPSA) is 144 Å². The molecule has 0 bridgehead atoms. The van der Waals surface area contributed by atoms with Gasteiger partial charge in [0, 0.05) is 5.69 Å². The fourth-order valence-corrected chi connectivity index (χ4v) is 3.42. The van der Waals surface area contributed by atoms with Crippen molar-refractivity contribution in [2.24, 2.45) is 5.14 Å². The zero-order valence-electron chi connectivity index (χ0n) is 15.1. The number of amides is 1. The van der Waals surface area contributed by atoms with Crippen LogP contribution in [-0.4, -0.2) is 23.9 Å². The number of aryl methyl sites for hydroxylation is 1. The van der Waals surface area contributed by atoms with Crippen molar-refractivity contribution in [2.75, 3.05) is 5.32 Å². The molecule has 4 N–H and O–H groups in total. The number of carbonyl (C=O) groups is 1. The van der Waals surface area contributed by atoms with Crippen molar-refractivity contribution >= 4 is 32.5 Å². The second kappa shape index (κ2) is 7.06. The first-order valence-electron chi connectivity index (χ1n) is 8.23. The van der Waals surface area contributed by atoms with Crippen LogP contribution >= 0.6 is 0 Å². The fraction of sp³-hybridized carbons (Fsp3) is 0.167. The van der Waals surface area contributed by atoms with Gasteiger partial charge in [-0.3, -0.25) is 14.2 Å². The number of aromatic amines is 1. The Hall–Kier alpha value is -3.24. The standard InChI is InChI=1S/C18H18N4O5S/c1-10-7-12(28(19,26)27)8-15(11(10)2)20-16(23)9-22-17(24)13-5-3-4-6-14(13)21-18(22)25/h3-8H,9H2,1-2H3,(H,20,23)(H,21,25)(H2,19,26,27). The Morgan fingerprint density at radius 1 is 1.18 bits per heavy atom. The number of anilines is 1. The Labute approximate surface area is 159 Å². The molecule has 0 atom stereocenters. The lowest BCUT2D eigenvalue weighted by Crippen LogP contribution is -2.38.